The molecule has 0 heterocycles. The number of nitrogens with one attached hydrogen (secondary N) is 2. The van der Waals surface area contributed by atoms with Gasteiger partial charge in [0.1, 0.15) is 11.6 Å². The highest BCUT2D eigenvalue weighted by atomic mass is 127. The first-order valence-corrected chi connectivity index (χ1v) is 6.93. The molecule has 0 spiro atoms. The van der Waals surface area contributed by atoms with Gasteiger partial charge < -0.3 is 10.6 Å². The Kier molecular flexibility index (Phi) is 9.48. The summed E-state index contributed by atoms with van der Waals surface area (Å²) in [6.45, 7) is 9.10. The quantitative estimate of drug-likeness (QED) is 0.441. The Hall–Kier alpha value is -0.920. The molecule has 1 aromatic carbocycles. The minimum absolute atomic E-state index is 0. The SMILES string of the molecule is CCNC(=NCC(C)c1ccc(F)cc1F)NC(C)C.I. The Morgan fingerprint density at radius 1 is 1.24 bits per heavy atom. The van der Waals surface area contributed by atoms with E-state index in [-0.39, 0.29) is 35.9 Å². The van der Waals surface area contributed by atoms with Gasteiger partial charge in [0.15, 0.2) is 5.96 Å². The Morgan fingerprint density at radius 3 is 2.43 bits per heavy atom. The first-order chi connectivity index (χ1) is 9.43. The van der Waals surface area contributed by atoms with Crippen LogP contribution < -0.4 is 10.6 Å². The van der Waals surface area contributed by atoms with Gasteiger partial charge in [0.05, 0.1) is 0 Å². The van der Waals surface area contributed by atoms with E-state index < -0.39 is 11.6 Å². The topological polar surface area (TPSA) is 36.4 Å². The molecule has 21 heavy (non-hydrogen) atoms. The van der Waals surface area contributed by atoms with Crippen LogP contribution in [0.1, 0.15) is 39.2 Å². The highest BCUT2D eigenvalue weighted by Crippen LogP contribution is 2.20. The van der Waals surface area contributed by atoms with Gasteiger partial charge in [-0.1, -0.05) is 13.0 Å². The number of halogens is 3. The van der Waals surface area contributed by atoms with E-state index >= 15 is 0 Å². The molecular formula is C15H24F2IN3. The maximum absolute atomic E-state index is 13.7. The maximum Gasteiger partial charge on any atom is 0.191 e. The molecule has 2 N–H and O–H groups in total. The molecule has 1 unspecified atom stereocenters. The van der Waals surface area contributed by atoms with Gasteiger partial charge >= 0.3 is 0 Å². The van der Waals surface area contributed by atoms with E-state index in [1.54, 1.807) is 0 Å². The smallest absolute Gasteiger partial charge is 0.191 e. The molecule has 0 aliphatic heterocycles. The van der Waals surface area contributed by atoms with Crippen LogP contribution in [0.2, 0.25) is 0 Å². The van der Waals surface area contributed by atoms with E-state index in [0.717, 1.165) is 12.6 Å². The van der Waals surface area contributed by atoms with Gasteiger partial charge in [-0.05, 0) is 32.4 Å². The highest BCUT2D eigenvalue weighted by Gasteiger charge is 2.12. The minimum atomic E-state index is -0.559. The van der Waals surface area contributed by atoms with Crippen molar-refractivity contribution in [3.05, 3.63) is 35.4 Å². The fourth-order valence-corrected chi connectivity index (χ4v) is 1.82. The summed E-state index contributed by atoms with van der Waals surface area (Å²) in [5.41, 5.74) is 0.482. The van der Waals surface area contributed by atoms with Gasteiger partial charge in [-0.3, -0.25) is 4.99 Å². The Morgan fingerprint density at radius 2 is 1.90 bits per heavy atom. The highest BCUT2D eigenvalue weighted by molar-refractivity contribution is 14.0. The van der Waals surface area contributed by atoms with Crippen molar-refractivity contribution in [3.63, 3.8) is 0 Å². The monoisotopic (exact) mass is 411 g/mol. The lowest BCUT2D eigenvalue weighted by atomic mass is 10.0. The second-order valence-electron chi connectivity index (χ2n) is 5.09. The van der Waals surface area contributed by atoms with Crippen molar-refractivity contribution < 1.29 is 8.78 Å². The molecular weight excluding hydrogens is 387 g/mol. The molecule has 0 fully saturated rings. The molecule has 1 rings (SSSR count). The van der Waals surface area contributed by atoms with Gasteiger partial charge in [0, 0.05) is 31.1 Å². The third-order valence-corrected chi connectivity index (χ3v) is 2.79. The number of rotatable bonds is 5. The minimum Gasteiger partial charge on any atom is -0.357 e. The van der Waals surface area contributed by atoms with E-state index in [4.69, 9.17) is 0 Å². The normalized spacial score (nSPS) is 12.8. The van der Waals surface area contributed by atoms with Crippen LogP contribution in [0.3, 0.4) is 0 Å². The lowest BCUT2D eigenvalue weighted by molar-refractivity contribution is 0.560. The van der Waals surface area contributed by atoms with Gasteiger partial charge in [0.25, 0.3) is 0 Å². The van der Waals surface area contributed by atoms with Crippen LogP contribution in [0.15, 0.2) is 23.2 Å². The summed E-state index contributed by atoms with van der Waals surface area (Å²) < 4.78 is 26.5. The zero-order chi connectivity index (χ0) is 15.1. The number of nitrogens with zero attached hydrogens (tertiary/aromatic N) is 1. The molecule has 3 nitrogen and oxygen atoms in total. The summed E-state index contributed by atoms with van der Waals surface area (Å²) in [6, 6.07) is 3.93. The molecule has 0 aliphatic carbocycles. The second-order valence-corrected chi connectivity index (χ2v) is 5.09. The molecule has 120 valence electrons. The van der Waals surface area contributed by atoms with Crippen molar-refractivity contribution in [2.75, 3.05) is 13.1 Å². The van der Waals surface area contributed by atoms with Crippen molar-refractivity contribution in [3.8, 4) is 0 Å². The summed E-state index contributed by atoms with van der Waals surface area (Å²) in [5.74, 6) is -0.485. The third-order valence-electron chi connectivity index (χ3n) is 2.79. The maximum atomic E-state index is 13.7. The van der Waals surface area contributed by atoms with E-state index in [0.29, 0.717) is 18.1 Å². The van der Waals surface area contributed by atoms with Crippen molar-refractivity contribution in [1.82, 2.24) is 10.6 Å². The molecule has 0 radical (unpaired) electrons. The van der Waals surface area contributed by atoms with Crippen molar-refractivity contribution in [2.45, 2.75) is 39.7 Å². The molecule has 6 heteroatoms. The van der Waals surface area contributed by atoms with Gasteiger partial charge in [0.2, 0.25) is 0 Å². The van der Waals surface area contributed by atoms with Crippen molar-refractivity contribution >= 4 is 29.9 Å². The summed E-state index contributed by atoms with van der Waals surface area (Å²) in [4.78, 5) is 4.43. The van der Waals surface area contributed by atoms with E-state index in [9.17, 15) is 8.78 Å². The van der Waals surface area contributed by atoms with Crippen LogP contribution in [-0.4, -0.2) is 25.1 Å². The third kappa shape index (κ3) is 7.06. The zero-order valence-corrected chi connectivity index (χ0v) is 15.2. The van der Waals surface area contributed by atoms with Gasteiger partial charge in [-0.15, -0.1) is 24.0 Å². The zero-order valence-electron chi connectivity index (χ0n) is 12.9. The molecule has 0 saturated heterocycles. The molecule has 1 aromatic rings. The van der Waals surface area contributed by atoms with Crippen LogP contribution in [0.5, 0.6) is 0 Å². The van der Waals surface area contributed by atoms with Crippen LogP contribution in [0, 0.1) is 11.6 Å². The van der Waals surface area contributed by atoms with Crippen LogP contribution in [0.4, 0.5) is 8.78 Å². The fourth-order valence-electron chi connectivity index (χ4n) is 1.82. The fraction of sp³-hybridized carbons (Fsp3) is 0.533. The van der Waals surface area contributed by atoms with Crippen molar-refractivity contribution in [1.29, 1.82) is 0 Å². The Bertz CT molecular complexity index is 464. The molecule has 0 saturated carbocycles. The first kappa shape index (κ1) is 20.1. The predicted molar refractivity (Wildman–Crippen MR) is 94.4 cm³/mol. The van der Waals surface area contributed by atoms with E-state index in [1.165, 1.54) is 12.1 Å². The second kappa shape index (κ2) is 9.92. The van der Waals surface area contributed by atoms with Gasteiger partial charge in [-0.2, -0.15) is 0 Å². The summed E-state index contributed by atoms with van der Waals surface area (Å²) in [6.07, 6.45) is 0. The standard InChI is InChI=1S/C15H23F2N3.HI/c1-5-18-15(20-10(2)3)19-9-11(4)13-7-6-12(16)8-14(13)17;/h6-8,10-11H,5,9H2,1-4H3,(H2,18,19,20);1H. The summed E-state index contributed by atoms with van der Waals surface area (Å²) in [5, 5.41) is 6.33. The Labute approximate surface area is 142 Å². The van der Waals surface area contributed by atoms with Crippen LogP contribution in [0.25, 0.3) is 0 Å². The average Bonchev–Trinajstić information content (AvgIpc) is 2.35. The summed E-state index contributed by atoms with van der Waals surface area (Å²) in [7, 11) is 0. The molecule has 0 aliphatic rings. The first-order valence-electron chi connectivity index (χ1n) is 6.93. The van der Waals surface area contributed by atoms with Gasteiger partial charge in [-0.25, -0.2) is 8.78 Å². The number of guanidine groups is 1. The lowest BCUT2D eigenvalue weighted by Gasteiger charge is -2.16. The van der Waals surface area contributed by atoms with Crippen LogP contribution in [-0.2, 0) is 0 Å². The van der Waals surface area contributed by atoms with Crippen LogP contribution >= 0.6 is 24.0 Å². The Balaban J connectivity index is 0.00000400. The van der Waals surface area contributed by atoms with Crippen molar-refractivity contribution in [2.24, 2.45) is 4.99 Å². The molecule has 0 amide bonds. The number of hydrogen-bond acceptors (Lipinski definition) is 1. The number of aliphatic imine (C=N–C) groups is 1. The largest absolute Gasteiger partial charge is 0.357 e. The average molecular weight is 411 g/mol. The number of hydrogen-bond donors (Lipinski definition) is 2. The summed E-state index contributed by atoms with van der Waals surface area (Å²) >= 11 is 0. The molecule has 1 atom stereocenters. The van der Waals surface area contributed by atoms with E-state index in [1.807, 2.05) is 27.7 Å². The molecule has 0 bridgehead atoms. The molecule has 0 aromatic heterocycles. The predicted octanol–water partition coefficient (Wildman–Crippen LogP) is 3.65. The number of benzene rings is 1. The lowest BCUT2D eigenvalue weighted by Crippen LogP contribution is -2.41. The van der Waals surface area contributed by atoms with E-state index in [2.05, 4.69) is 15.6 Å².